The van der Waals surface area contributed by atoms with E-state index >= 15 is 0 Å². The highest BCUT2D eigenvalue weighted by molar-refractivity contribution is 5.98. The number of hydrogen-bond acceptors (Lipinski definition) is 4. The van der Waals surface area contributed by atoms with Crippen molar-refractivity contribution >= 4 is 11.6 Å². The van der Waals surface area contributed by atoms with Crippen molar-refractivity contribution in [1.29, 1.82) is 0 Å². The molecule has 5 nitrogen and oxygen atoms in total. The van der Waals surface area contributed by atoms with Crippen LogP contribution < -0.4 is 15.4 Å². The lowest BCUT2D eigenvalue weighted by Crippen LogP contribution is -2.66. The van der Waals surface area contributed by atoms with Crippen molar-refractivity contribution in [2.75, 3.05) is 25.6 Å². The SMILES string of the molecule is COc1ccc2c(c1)N(C)[C@@]1(N)C(=O)N(C3CCCCC3)C[C@@]21Cc1ccccc1. The average Bonchev–Trinajstić information content (AvgIpc) is 3.12. The molecule has 2 aromatic carbocycles. The summed E-state index contributed by atoms with van der Waals surface area (Å²) in [5.41, 5.74) is 8.96. The lowest BCUT2D eigenvalue weighted by molar-refractivity contribution is -0.134. The minimum Gasteiger partial charge on any atom is -0.497 e. The average molecular weight is 406 g/mol. The normalized spacial score (nSPS) is 28.6. The fraction of sp³-hybridized carbons (Fsp3) is 0.480. The summed E-state index contributed by atoms with van der Waals surface area (Å²) >= 11 is 0. The van der Waals surface area contributed by atoms with Gasteiger partial charge in [-0.2, -0.15) is 0 Å². The Bertz CT molecular complexity index is 956. The molecule has 2 N–H and O–H groups in total. The Hall–Kier alpha value is -2.53. The number of likely N-dealkylation sites (N-methyl/N-ethyl adjacent to an activating group) is 1. The predicted octanol–water partition coefficient (Wildman–Crippen LogP) is 3.46. The molecule has 1 saturated heterocycles. The molecule has 0 aromatic heterocycles. The Morgan fingerprint density at radius 2 is 1.83 bits per heavy atom. The summed E-state index contributed by atoms with van der Waals surface area (Å²) in [6.45, 7) is 0.672. The van der Waals surface area contributed by atoms with Gasteiger partial charge in [-0.1, -0.05) is 55.7 Å². The number of ether oxygens (including phenoxy) is 1. The third-order valence-corrected chi connectivity index (χ3v) is 7.73. The second-order valence-corrected chi connectivity index (χ2v) is 9.18. The Balaban J connectivity index is 1.65. The van der Waals surface area contributed by atoms with E-state index in [0.29, 0.717) is 12.6 Å². The highest BCUT2D eigenvalue weighted by atomic mass is 16.5. The van der Waals surface area contributed by atoms with Gasteiger partial charge in [0, 0.05) is 31.4 Å². The van der Waals surface area contributed by atoms with Crippen LogP contribution in [-0.4, -0.2) is 43.2 Å². The van der Waals surface area contributed by atoms with Crippen LogP contribution in [0.3, 0.4) is 0 Å². The first-order chi connectivity index (χ1) is 14.5. The summed E-state index contributed by atoms with van der Waals surface area (Å²) in [6.07, 6.45) is 6.57. The maximum atomic E-state index is 14.0. The van der Waals surface area contributed by atoms with Gasteiger partial charge < -0.3 is 14.5 Å². The zero-order valence-corrected chi connectivity index (χ0v) is 17.9. The van der Waals surface area contributed by atoms with Crippen molar-refractivity contribution in [1.82, 2.24) is 4.90 Å². The number of hydrogen-bond donors (Lipinski definition) is 1. The largest absolute Gasteiger partial charge is 0.497 e. The Kier molecular flexibility index (Phi) is 4.55. The van der Waals surface area contributed by atoms with Crippen molar-refractivity contribution in [3.8, 4) is 5.75 Å². The standard InChI is InChI=1S/C25H31N3O2/c1-27-22-15-20(30-2)13-14-21(22)24(16-18-9-5-3-6-10-18)17-28(23(29)25(24,27)26)19-11-7-4-8-12-19/h3,5-6,9-10,13-15,19H,4,7-8,11-12,16-17,26H2,1-2H3/t24-,25-/m0/s1. The summed E-state index contributed by atoms with van der Waals surface area (Å²) in [6, 6.07) is 16.9. The van der Waals surface area contributed by atoms with Crippen LogP contribution in [0.1, 0.15) is 43.2 Å². The van der Waals surface area contributed by atoms with Gasteiger partial charge in [0.15, 0.2) is 5.66 Å². The Labute approximate surface area is 178 Å². The minimum absolute atomic E-state index is 0.0722. The Morgan fingerprint density at radius 1 is 1.10 bits per heavy atom. The van der Waals surface area contributed by atoms with Crippen molar-refractivity contribution in [2.45, 2.75) is 55.6 Å². The number of benzene rings is 2. The van der Waals surface area contributed by atoms with E-state index in [4.69, 9.17) is 10.5 Å². The smallest absolute Gasteiger partial charge is 0.264 e. The molecule has 2 atom stereocenters. The molecule has 0 unspecified atom stereocenters. The second kappa shape index (κ2) is 7.02. The monoisotopic (exact) mass is 405 g/mol. The first-order valence-electron chi connectivity index (χ1n) is 11.1. The van der Waals surface area contributed by atoms with Crippen molar-refractivity contribution in [2.24, 2.45) is 5.73 Å². The quantitative estimate of drug-likeness (QED) is 0.846. The van der Waals surface area contributed by atoms with Crippen LogP contribution in [0.15, 0.2) is 48.5 Å². The van der Waals surface area contributed by atoms with Crippen LogP contribution in [-0.2, 0) is 16.6 Å². The third-order valence-electron chi connectivity index (χ3n) is 7.73. The molecule has 1 aliphatic carbocycles. The van der Waals surface area contributed by atoms with Gasteiger partial charge in [-0.25, -0.2) is 0 Å². The van der Waals surface area contributed by atoms with Gasteiger partial charge in [0.2, 0.25) is 0 Å². The number of methoxy groups -OCH3 is 1. The number of carbonyl (C=O) groups excluding carboxylic acids is 1. The first-order valence-corrected chi connectivity index (χ1v) is 11.1. The van der Waals surface area contributed by atoms with Crippen molar-refractivity contribution in [3.05, 3.63) is 59.7 Å². The molecule has 1 saturated carbocycles. The Morgan fingerprint density at radius 3 is 2.53 bits per heavy atom. The number of anilines is 1. The van der Waals surface area contributed by atoms with Crippen LogP contribution in [0.5, 0.6) is 5.75 Å². The topological polar surface area (TPSA) is 58.8 Å². The number of nitrogens with two attached hydrogens (primary N) is 1. The highest BCUT2D eigenvalue weighted by Gasteiger charge is 2.69. The molecule has 0 radical (unpaired) electrons. The molecule has 5 rings (SSSR count). The van der Waals surface area contributed by atoms with Crippen molar-refractivity contribution < 1.29 is 9.53 Å². The van der Waals surface area contributed by atoms with E-state index in [1.807, 2.05) is 30.1 Å². The molecule has 0 spiro atoms. The number of rotatable bonds is 4. The van der Waals surface area contributed by atoms with E-state index < -0.39 is 11.1 Å². The molecule has 30 heavy (non-hydrogen) atoms. The maximum absolute atomic E-state index is 14.0. The van der Waals surface area contributed by atoms with E-state index in [0.717, 1.165) is 36.3 Å². The zero-order valence-electron chi connectivity index (χ0n) is 17.9. The number of likely N-dealkylation sites (tertiary alicyclic amines) is 1. The molecular formula is C25H31N3O2. The predicted molar refractivity (Wildman–Crippen MR) is 119 cm³/mol. The summed E-state index contributed by atoms with van der Waals surface area (Å²) in [7, 11) is 3.64. The summed E-state index contributed by atoms with van der Waals surface area (Å²) < 4.78 is 5.47. The molecule has 2 aliphatic heterocycles. The van der Waals surface area contributed by atoms with Crippen LogP contribution >= 0.6 is 0 Å². The van der Waals surface area contributed by atoms with Crippen LogP contribution in [0.2, 0.25) is 0 Å². The summed E-state index contributed by atoms with van der Waals surface area (Å²) in [5.74, 6) is 0.860. The van der Waals surface area contributed by atoms with Crippen LogP contribution in [0.4, 0.5) is 5.69 Å². The maximum Gasteiger partial charge on any atom is 0.264 e. The van der Waals surface area contributed by atoms with Gasteiger partial charge in [-0.15, -0.1) is 0 Å². The summed E-state index contributed by atoms with van der Waals surface area (Å²) in [5, 5.41) is 0. The van der Waals surface area contributed by atoms with E-state index in [2.05, 4.69) is 35.2 Å². The number of carbonyl (C=O) groups is 1. The van der Waals surface area contributed by atoms with E-state index in [-0.39, 0.29) is 5.91 Å². The van der Waals surface area contributed by atoms with Gasteiger partial charge in [0.05, 0.1) is 12.5 Å². The molecule has 5 heteroatoms. The van der Waals surface area contributed by atoms with Crippen molar-refractivity contribution in [3.63, 3.8) is 0 Å². The third kappa shape index (κ3) is 2.54. The molecule has 0 bridgehead atoms. The highest BCUT2D eigenvalue weighted by Crippen LogP contribution is 2.56. The lowest BCUT2D eigenvalue weighted by Gasteiger charge is -2.39. The number of amides is 1. The van der Waals surface area contributed by atoms with E-state index in [1.165, 1.54) is 24.8 Å². The van der Waals surface area contributed by atoms with E-state index in [1.54, 1.807) is 7.11 Å². The second-order valence-electron chi connectivity index (χ2n) is 9.18. The van der Waals surface area contributed by atoms with Crippen LogP contribution in [0, 0.1) is 0 Å². The molecule has 2 fully saturated rings. The molecular weight excluding hydrogens is 374 g/mol. The number of nitrogens with zero attached hydrogens (tertiary/aromatic N) is 2. The first kappa shape index (κ1) is 19.4. The molecule has 2 heterocycles. The summed E-state index contributed by atoms with van der Waals surface area (Å²) in [4.78, 5) is 18.1. The molecule has 1 amide bonds. The van der Waals surface area contributed by atoms with Gasteiger partial charge in [-0.05, 0) is 36.5 Å². The molecule has 3 aliphatic rings. The fourth-order valence-electron chi connectivity index (χ4n) is 6.09. The van der Waals surface area contributed by atoms with Crippen LogP contribution in [0.25, 0.3) is 0 Å². The van der Waals surface area contributed by atoms with Gasteiger partial charge >= 0.3 is 0 Å². The number of fused-ring (bicyclic) bond motifs is 3. The molecule has 158 valence electrons. The molecule has 2 aromatic rings. The van der Waals surface area contributed by atoms with Gasteiger partial charge in [0.1, 0.15) is 5.75 Å². The van der Waals surface area contributed by atoms with Gasteiger partial charge in [-0.3, -0.25) is 10.5 Å². The van der Waals surface area contributed by atoms with Gasteiger partial charge in [0.25, 0.3) is 5.91 Å². The zero-order chi connectivity index (χ0) is 20.9. The fourth-order valence-corrected chi connectivity index (χ4v) is 6.09. The van der Waals surface area contributed by atoms with E-state index in [9.17, 15) is 4.79 Å². The minimum atomic E-state index is -1.09. The lowest BCUT2D eigenvalue weighted by atomic mass is 9.70.